The monoisotopic (exact) mass is 602 g/mol. The van der Waals surface area contributed by atoms with Crippen molar-refractivity contribution in [1.29, 1.82) is 0 Å². The van der Waals surface area contributed by atoms with Gasteiger partial charge >= 0.3 is 11.9 Å². The van der Waals surface area contributed by atoms with Crippen molar-refractivity contribution in [3.8, 4) is 11.5 Å². The maximum Gasteiger partial charge on any atom is 0.338 e. The van der Waals surface area contributed by atoms with Gasteiger partial charge in [0, 0.05) is 11.8 Å². The van der Waals surface area contributed by atoms with Crippen molar-refractivity contribution in [2.24, 2.45) is 0 Å². The molecule has 5 aromatic rings. The fourth-order valence-corrected chi connectivity index (χ4v) is 5.20. The summed E-state index contributed by atoms with van der Waals surface area (Å²) in [6, 6.07) is 32.3. The lowest BCUT2D eigenvalue weighted by atomic mass is 10.1. The third kappa shape index (κ3) is 7.10. The van der Waals surface area contributed by atoms with Crippen molar-refractivity contribution in [3.05, 3.63) is 138 Å². The number of esters is 2. The van der Waals surface area contributed by atoms with Gasteiger partial charge in [0.05, 0.1) is 17.6 Å². The molecule has 0 radical (unpaired) electrons. The second-order valence-corrected chi connectivity index (χ2v) is 10.7. The molecule has 2 heterocycles. The smallest absolute Gasteiger partial charge is 0.338 e. The van der Waals surface area contributed by atoms with Crippen LogP contribution in [0.4, 0.5) is 0 Å². The molecule has 9 nitrogen and oxygen atoms in total. The zero-order chi connectivity index (χ0) is 31.2. The Morgan fingerprint density at radius 1 is 0.778 bits per heavy atom. The molecule has 2 atom stereocenters. The average molecular weight is 603 g/mol. The lowest BCUT2D eigenvalue weighted by Crippen LogP contribution is -2.41. The molecule has 6 rings (SSSR count). The quantitative estimate of drug-likeness (QED) is 0.214. The first-order chi connectivity index (χ1) is 21.9. The predicted octanol–water partition coefficient (Wildman–Crippen LogP) is 5.70. The summed E-state index contributed by atoms with van der Waals surface area (Å²) in [5.74, 6) is -0.854. The number of amides is 1. The highest BCUT2D eigenvalue weighted by Crippen LogP contribution is 2.27. The number of nitrogens with zero attached hydrogens (tertiary/aromatic N) is 2. The SMILES string of the molecule is O=C(OCc1ccccc1)c1ccc(O[C@H]2C[C@@H](C(=O)OCc3ccccc3)N(C(=O)c3ccc4cc(O)ccc4n3)C2)cc1. The average Bonchev–Trinajstić information content (AvgIpc) is 3.50. The van der Waals surface area contributed by atoms with E-state index in [0.29, 0.717) is 22.2 Å². The first kappa shape index (κ1) is 29.4. The lowest BCUT2D eigenvalue weighted by Gasteiger charge is -2.22. The summed E-state index contributed by atoms with van der Waals surface area (Å²) >= 11 is 0. The number of carbonyl (C=O) groups is 3. The number of ether oxygens (including phenoxy) is 3. The van der Waals surface area contributed by atoms with Crippen LogP contribution >= 0.6 is 0 Å². The number of rotatable bonds is 9. The minimum Gasteiger partial charge on any atom is -0.508 e. The second-order valence-electron chi connectivity index (χ2n) is 10.7. The number of carbonyl (C=O) groups excluding carboxylic acids is 3. The van der Waals surface area contributed by atoms with Crippen LogP contribution in [0.5, 0.6) is 11.5 Å². The Morgan fingerprint density at radius 2 is 1.44 bits per heavy atom. The summed E-state index contributed by atoms with van der Waals surface area (Å²) in [4.78, 5) is 45.5. The van der Waals surface area contributed by atoms with Gasteiger partial charge in [0.25, 0.3) is 5.91 Å². The highest BCUT2D eigenvalue weighted by Gasteiger charge is 2.42. The number of phenolic OH excluding ortho intramolecular Hbond substituents is 1. The van der Waals surface area contributed by atoms with Gasteiger partial charge in [0.15, 0.2) is 0 Å². The predicted molar refractivity (Wildman–Crippen MR) is 166 cm³/mol. The zero-order valence-electron chi connectivity index (χ0n) is 24.2. The van der Waals surface area contributed by atoms with Crippen LogP contribution < -0.4 is 4.74 Å². The van der Waals surface area contributed by atoms with Gasteiger partial charge < -0.3 is 24.2 Å². The molecule has 9 heteroatoms. The number of hydrogen-bond donors (Lipinski definition) is 1. The van der Waals surface area contributed by atoms with E-state index in [1.54, 1.807) is 48.5 Å². The maximum atomic E-state index is 13.7. The molecule has 1 saturated heterocycles. The number of benzene rings is 4. The summed E-state index contributed by atoms with van der Waals surface area (Å²) in [6.45, 7) is 0.365. The van der Waals surface area contributed by atoms with Crippen molar-refractivity contribution in [1.82, 2.24) is 9.88 Å². The third-order valence-electron chi connectivity index (χ3n) is 7.52. The number of fused-ring (bicyclic) bond motifs is 1. The number of likely N-dealkylation sites (tertiary alicyclic amines) is 1. The van der Waals surface area contributed by atoms with Gasteiger partial charge in [-0.15, -0.1) is 0 Å². The van der Waals surface area contributed by atoms with E-state index in [-0.39, 0.29) is 37.6 Å². The van der Waals surface area contributed by atoms with Crippen molar-refractivity contribution in [3.63, 3.8) is 0 Å². The van der Waals surface area contributed by atoms with Crippen LogP contribution in [0.25, 0.3) is 10.9 Å². The molecule has 45 heavy (non-hydrogen) atoms. The van der Waals surface area contributed by atoms with Gasteiger partial charge in [0.1, 0.15) is 42.6 Å². The minimum atomic E-state index is -0.893. The first-order valence-electron chi connectivity index (χ1n) is 14.5. The van der Waals surface area contributed by atoms with Gasteiger partial charge in [-0.05, 0) is 59.7 Å². The van der Waals surface area contributed by atoms with Gasteiger partial charge in [-0.1, -0.05) is 66.7 Å². The molecule has 0 saturated carbocycles. The van der Waals surface area contributed by atoms with E-state index in [1.165, 1.54) is 11.0 Å². The fraction of sp³-hybridized carbons (Fsp3) is 0.167. The number of phenols is 1. The molecule has 0 aliphatic carbocycles. The molecule has 226 valence electrons. The Bertz CT molecular complexity index is 1810. The van der Waals surface area contributed by atoms with E-state index in [9.17, 15) is 19.5 Å². The van der Waals surface area contributed by atoms with Crippen LogP contribution in [0.1, 0.15) is 38.4 Å². The summed E-state index contributed by atoms with van der Waals surface area (Å²) in [6.07, 6.45) is -0.307. The molecular formula is C36H30N2O7. The highest BCUT2D eigenvalue weighted by atomic mass is 16.5. The summed E-state index contributed by atoms with van der Waals surface area (Å²) in [5.41, 5.74) is 2.79. The van der Waals surface area contributed by atoms with Crippen LogP contribution in [0.3, 0.4) is 0 Å². The molecule has 1 aromatic heterocycles. The Labute approximate surface area is 259 Å². The van der Waals surface area contributed by atoms with E-state index in [4.69, 9.17) is 14.2 Å². The third-order valence-corrected chi connectivity index (χ3v) is 7.52. The summed E-state index contributed by atoms with van der Waals surface area (Å²) in [5, 5.41) is 10.5. The van der Waals surface area contributed by atoms with E-state index in [0.717, 1.165) is 11.1 Å². The van der Waals surface area contributed by atoms with E-state index in [1.807, 2.05) is 60.7 Å². The van der Waals surface area contributed by atoms with Gasteiger partial charge in [-0.25, -0.2) is 14.6 Å². The lowest BCUT2D eigenvalue weighted by molar-refractivity contribution is -0.149. The number of hydrogen-bond acceptors (Lipinski definition) is 8. The number of pyridine rings is 1. The zero-order valence-corrected chi connectivity index (χ0v) is 24.2. The summed E-state index contributed by atoms with van der Waals surface area (Å²) < 4.78 is 17.2. The molecule has 1 aliphatic rings. The molecule has 1 fully saturated rings. The van der Waals surface area contributed by atoms with Crippen molar-refractivity contribution in [2.75, 3.05) is 6.54 Å². The van der Waals surface area contributed by atoms with E-state index >= 15 is 0 Å². The van der Waals surface area contributed by atoms with Gasteiger partial charge in [0.2, 0.25) is 0 Å². The molecular weight excluding hydrogens is 572 g/mol. The topological polar surface area (TPSA) is 115 Å². The largest absolute Gasteiger partial charge is 0.508 e. The Morgan fingerprint density at radius 3 is 2.13 bits per heavy atom. The van der Waals surface area contributed by atoms with Crippen LogP contribution in [-0.2, 0) is 27.5 Å². The molecule has 0 spiro atoms. The molecule has 1 amide bonds. The number of aromatic hydroxyl groups is 1. The second kappa shape index (κ2) is 13.3. The summed E-state index contributed by atoms with van der Waals surface area (Å²) in [7, 11) is 0. The number of aromatic nitrogens is 1. The van der Waals surface area contributed by atoms with Crippen LogP contribution in [0.2, 0.25) is 0 Å². The van der Waals surface area contributed by atoms with Crippen LogP contribution in [-0.4, -0.2) is 51.5 Å². The Kier molecular flexibility index (Phi) is 8.68. The standard InChI is InChI=1S/C36H30N2O7/c39-28-14-18-31-27(19-28)13-17-32(37-31)34(40)38-21-30(20-33(38)36(42)44-23-25-9-5-2-6-10-25)45-29-15-11-26(12-16-29)35(41)43-22-24-7-3-1-4-8-24/h1-19,30,33,39H,20-23H2/t30-,33-/m0/s1. The van der Waals surface area contributed by atoms with Gasteiger partial charge in [-0.3, -0.25) is 4.79 Å². The van der Waals surface area contributed by atoms with E-state index in [2.05, 4.69) is 4.98 Å². The minimum absolute atomic E-state index is 0.0727. The highest BCUT2D eigenvalue weighted by molar-refractivity contribution is 5.97. The van der Waals surface area contributed by atoms with Crippen LogP contribution in [0, 0.1) is 0 Å². The molecule has 1 N–H and O–H groups in total. The first-order valence-corrected chi connectivity index (χ1v) is 14.5. The Balaban J connectivity index is 1.15. The molecule has 0 unspecified atom stereocenters. The molecule has 1 aliphatic heterocycles. The van der Waals surface area contributed by atoms with Crippen LogP contribution in [0.15, 0.2) is 115 Å². The van der Waals surface area contributed by atoms with Crippen molar-refractivity contribution in [2.45, 2.75) is 31.8 Å². The van der Waals surface area contributed by atoms with Crippen molar-refractivity contribution < 1.29 is 33.7 Å². The normalized spacial score (nSPS) is 15.9. The van der Waals surface area contributed by atoms with Crippen molar-refractivity contribution >= 4 is 28.7 Å². The van der Waals surface area contributed by atoms with E-state index < -0.39 is 30.0 Å². The Hall–Kier alpha value is -5.70. The fourth-order valence-electron chi connectivity index (χ4n) is 5.20. The molecule has 4 aromatic carbocycles. The molecule has 0 bridgehead atoms. The maximum absolute atomic E-state index is 13.7. The van der Waals surface area contributed by atoms with Gasteiger partial charge in [-0.2, -0.15) is 0 Å².